The first-order valence-corrected chi connectivity index (χ1v) is 11.9. The Bertz CT molecular complexity index is 796. The van der Waals surface area contributed by atoms with Crippen LogP contribution >= 0.6 is 0 Å². The molecule has 176 valence electrons. The Labute approximate surface area is 184 Å². The monoisotopic (exact) mass is 459 g/mol. The molecule has 0 saturated carbocycles. The summed E-state index contributed by atoms with van der Waals surface area (Å²) in [6.45, 7) is 10.6. The van der Waals surface area contributed by atoms with Gasteiger partial charge in [0.1, 0.15) is 5.75 Å². The second-order valence-electron chi connectivity index (χ2n) is 7.83. The van der Waals surface area contributed by atoms with E-state index in [1.54, 1.807) is 0 Å². The lowest BCUT2D eigenvalue weighted by Gasteiger charge is -2.25. The van der Waals surface area contributed by atoms with Crippen LogP contribution in [0.25, 0.3) is 0 Å². The van der Waals surface area contributed by atoms with E-state index in [1.807, 2.05) is 23.1 Å². The minimum atomic E-state index is -3.67. The smallest absolute Gasteiger partial charge is 0.349 e. The maximum absolute atomic E-state index is 12.2. The molecule has 10 heteroatoms. The van der Waals surface area contributed by atoms with E-state index in [1.165, 1.54) is 0 Å². The Morgan fingerprint density at radius 2 is 1.55 bits per heavy atom. The van der Waals surface area contributed by atoms with Gasteiger partial charge in [0.2, 0.25) is 0 Å². The van der Waals surface area contributed by atoms with Crippen molar-refractivity contribution in [2.75, 3.05) is 45.7 Å². The van der Waals surface area contributed by atoms with Gasteiger partial charge in [0.15, 0.2) is 6.61 Å². The van der Waals surface area contributed by atoms with E-state index in [4.69, 9.17) is 18.8 Å². The first kappa shape index (κ1) is 27.0. The van der Waals surface area contributed by atoms with Crippen LogP contribution < -0.4 is 4.74 Å². The molecule has 1 aromatic carbocycles. The summed E-state index contributed by atoms with van der Waals surface area (Å²) >= 11 is 0. The van der Waals surface area contributed by atoms with Crippen LogP contribution in [0.1, 0.15) is 50.7 Å². The number of esters is 2. The fraction of sp³-hybridized carbons (Fsp3) is 0.619. The first-order valence-electron chi connectivity index (χ1n) is 10.1. The van der Waals surface area contributed by atoms with E-state index >= 15 is 0 Å². The second kappa shape index (κ2) is 12.7. The molecule has 0 atom stereocenters. The van der Waals surface area contributed by atoms with Crippen LogP contribution in [0.2, 0.25) is 0 Å². The molecular formula is C21H33NO8S. The molecule has 1 heterocycles. The average molecular weight is 460 g/mol. The van der Waals surface area contributed by atoms with Gasteiger partial charge < -0.3 is 14.2 Å². The molecule has 1 aliphatic rings. The van der Waals surface area contributed by atoms with Gasteiger partial charge in [0.25, 0.3) is 10.1 Å². The molecular weight excluding hydrogens is 426 g/mol. The quantitative estimate of drug-likeness (QED) is 0.372. The fourth-order valence-electron chi connectivity index (χ4n) is 2.87. The molecule has 1 saturated heterocycles. The van der Waals surface area contributed by atoms with Crippen LogP contribution in [0, 0.1) is 0 Å². The normalized spacial score (nSPS) is 14.7. The average Bonchev–Trinajstić information content (AvgIpc) is 2.65. The van der Waals surface area contributed by atoms with Gasteiger partial charge in [0.05, 0.1) is 26.0 Å². The zero-order valence-electron chi connectivity index (χ0n) is 18.8. The van der Waals surface area contributed by atoms with Crippen LogP contribution in [0.4, 0.5) is 0 Å². The van der Waals surface area contributed by atoms with Crippen molar-refractivity contribution in [2.24, 2.45) is 0 Å². The van der Waals surface area contributed by atoms with Crippen molar-refractivity contribution < 1.29 is 36.8 Å². The summed E-state index contributed by atoms with van der Waals surface area (Å²) in [7, 11) is -3.67. The molecule has 0 aliphatic carbocycles. The van der Waals surface area contributed by atoms with Gasteiger partial charge in [-0.1, -0.05) is 45.9 Å². The molecule has 2 rings (SSSR count). The molecule has 31 heavy (non-hydrogen) atoms. The van der Waals surface area contributed by atoms with Crippen molar-refractivity contribution in [1.82, 2.24) is 4.90 Å². The number of hydrogen-bond acceptors (Lipinski definition) is 8. The van der Waals surface area contributed by atoms with E-state index in [0.29, 0.717) is 38.3 Å². The Hall–Kier alpha value is -2.01. The standard InChI is InChI=1S/C20H29NO5.CH4O3S/c1-14(2)16-6-5-7-17(15(3)4)20(16)26-19(23)13-25-18(22)12-21-8-10-24-11-9-21;1-5(2,3)4/h5-7,14-15H,8-13H2,1-4H3;1H3,(H,2,3,4). The zero-order chi connectivity index (χ0) is 23.6. The van der Waals surface area contributed by atoms with Gasteiger partial charge >= 0.3 is 11.9 Å². The number of ether oxygens (including phenoxy) is 3. The third-order valence-corrected chi connectivity index (χ3v) is 4.34. The number of carbonyl (C=O) groups is 2. The predicted molar refractivity (Wildman–Crippen MR) is 116 cm³/mol. The third kappa shape index (κ3) is 11.3. The summed E-state index contributed by atoms with van der Waals surface area (Å²) in [5.41, 5.74) is 1.95. The lowest BCUT2D eigenvalue weighted by molar-refractivity contribution is -0.155. The highest BCUT2D eigenvalue weighted by Crippen LogP contribution is 2.34. The highest BCUT2D eigenvalue weighted by Gasteiger charge is 2.20. The summed E-state index contributed by atoms with van der Waals surface area (Å²) in [5, 5.41) is 0. The van der Waals surface area contributed by atoms with Gasteiger partial charge in [-0.2, -0.15) is 8.42 Å². The Kier molecular flexibility index (Phi) is 11.1. The molecule has 0 aromatic heterocycles. The molecule has 1 fully saturated rings. The Balaban J connectivity index is 0.000000861. The van der Waals surface area contributed by atoms with Crippen molar-refractivity contribution in [3.05, 3.63) is 29.3 Å². The number of nitrogens with zero attached hydrogens (tertiary/aromatic N) is 1. The van der Waals surface area contributed by atoms with Gasteiger partial charge in [0, 0.05) is 13.1 Å². The fourth-order valence-corrected chi connectivity index (χ4v) is 2.87. The number of morpholine rings is 1. The molecule has 0 radical (unpaired) electrons. The molecule has 0 spiro atoms. The summed E-state index contributed by atoms with van der Waals surface area (Å²) in [6, 6.07) is 5.90. The van der Waals surface area contributed by atoms with Crippen molar-refractivity contribution in [2.45, 2.75) is 39.5 Å². The molecule has 1 aliphatic heterocycles. The lowest BCUT2D eigenvalue weighted by atomic mass is 9.94. The van der Waals surface area contributed by atoms with Crippen LogP contribution in [-0.4, -0.2) is 75.5 Å². The molecule has 0 amide bonds. The maximum Gasteiger partial charge on any atom is 0.349 e. The SMILES string of the molecule is CC(C)c1cccc(C(C)C)c1OC(=O)COC(=O)CN1CCOCC1.CS(=O)(=O)O. The van der Waals surface area contributed by atoms with Crippen LogP contribution in [-0.2, 0) is 29.2 Å². The lowest BCUT2D eigenvalue weighted by Crippen LogP contribution is -2.40. The highest BCUT2D eigenvalue weighted by molar-refractivity contribution is 7.85. The van der Waals surface area contributed by atoms with Crippen molar-refractivity contribution in [1.29, 1.82) is 0 Å². The molecule has 0 bridgehead atoms. The van der Waals surface area contributed by atoms with E-state index in [2.05, 4.69) is 27.7 Å². The molecule has 0 unspecified atom stereocenters. The van der Waals surface area contributed by atoms with E-state index < -0.39 is 22.1 Å². The Morgan fingerprint density at radius 3 is 2.00 bits per heavy atom. The van der Waals surface area contributed by atoms with Crippen molar-refractivity contribution in [3.8, 4) is 5.75 Å². The summed E-state index contributed by atoms with van der Waals surface area (Å²) < 4.78 is 41.8. The molecule has 1 aromatic rings. The van der Waals surface area contributed by atoms with Gasteiger partial charge in [-0.05, 0) is 23.0 Å². The van der Waals surface area contributed by atoms with Crippen molar-refractivity contribution >= 4 is 22.1 Å². The topological polar surface area (TPSA) is 119 Å². The number of hydrogen-bond donors (Lipinski definition) is 1. The minimum absolute atomic E-state index is 0.163. The second-order valence-corrected chi connectivity index (χ2v) is 9.30. The molecule has 9 nitrogen and oxygen atoms in total. The van der Waals surface area contributed by atoms with E-state index in [9.17, 15) is 18.0 Å². The van der Waals surface area contributed by atoms with Gasteiger partial charge in [-0.25, -0.2) is 4.79 Å². The van der Waals surface area contributed by atoms with E-state index in [0.717, 1.165) is 11.1 Å². The minimum Gasteiger partial charge on any atom is -0.453 e. The number of benzene rings is 1. The maximum atomic E-state index is 12.2. The van der Waals surface area contributed by atoms with Crippen LogP contribution in [0.5, 0.6) is 5.75 Å². The largest absolute Gasteiger partial charge is 0.453 e. The first-order chi connectivity index (χ1) is 14.4. The van der Waals surface area contributed by atoms with Crippen LogP contribution in [0.3, 0.4) is 0 Å². The summed E-state index contributed by atoms with van der Waals surface area (Å²) in [6.07, 6.45) is 0.715. The van der Waals surface area contributed by atoms with E-state index in [-0.39, 0.29) is 25.0 Å². The Morgan fingerprint density at radius 1 is 1.06 bits per heavy atom. The third-order valence-electron chi connectivity index (χ3n) is 4.34. The zero-order valence-corrected chi connectivity index (χ0v) is 19.6. The van der Waals surface area contributed by atoms with Gasteiger partial charge in [-0.15, -0.1) is 0 Å². The van der Waals surface area contributed by atoms with Crippen LogP contribution in [0.15, 0.2) is 18.2 Å². The molecule has 1 N–H and O–H groups in total. The van der Waals surface area contributed by atoms with Gasteiger partial charge in [-0.3, -0.25) is 14.2 Å². The number of carbonyl (C=O) groups excluding carboxylic acids is 2. The highest BCUT2D eigenvalue weighted by atomic mass is 32.2. The van der Waals surface area contributed by atoms with Crippen molar-refractivity contribution in [3.63, 3.8) is 0 Å². The summed E-state index contributed by atoms with van der Waals surface area (Å²) in [5.74, 6) is 0.0490. The summed E-state index contributed by atoms with van der Waals surface area (Å²) in [4.78, 5) is 26.1. The predicted octanol–water partition coefficient (Wildman–Crippen LogP) is 2.22. The number of rotatable bonds is 7. The number of para-hydroxylation sites is 1.